The van der Waals surface area contributed by atoms with E-state index in [4.69, 9.17) is 5.73 Å². The highest BCUT2D eigenvalue weighted by Crippen LogP contribution is 2.21. The molecule has 0 saturated heterocycles. The second-order valence-corrected chi connectivity index (χ2v) is 6.45. The van der Waals surface area contributed by atoms with Crippen molar-refractivity contribution >= 4 is 21.7 Å². The van der Waals surface area contributed by atoms with Gasteiger partial charge >= 0.3 is 0 Å². The van der Waals surface area contributed by atoms with Gasteiger partial charge in [-0.05, 0) is 38.5 Å². The van der Waals surface area contributed by atoms with Gasteiger partial charge in [0.1, 0.15) is 0 Å². The highest BCUT2D eigenvalue weighted by molar-refractivity contribution is 7.92. The number of aromatic amines is 1. The predicted molar refractivity (Wildman–Crippen MR) is 78.6 cm³/mol. The lowest BCUT2D eigenvalue weighted by Gasteiger charge is -2.09. The van der Waals surface area contributed by atoms with Crippen LogP contribution in [0.5, 0.6) is 0 Å². The number of rotatable bonds is 4. The molecule has 0 aliphatic heterocycles. The Morgan fingerprint density at radius 1 is 1.29 bits per heavy atom. The molecular weight excluding hydrogens is 292 g/mol. The smallest absolute Gasteiger partial charge is 0.263 e. The van der Waals surface area contributed by atoms with Gasteiger partial charge in [-0.3, -0.25) is 14.6 Å². The number of hydrogen-bond donors (Lipinski definition) is 3. The van der Waals surface area contributed by atoms with E-state index in [9.17, 15) is 13.2 Å². The summed E-state index contributed by atoms with van der Waals surface area (Å²) in [5, 5.41) is 6.59. The Kier molecular flexibility index (Phi) is 3.73. The zero-order valence-electron chi connectivity index (χ0n) is 11.9. The molecule has 0 unspecified atom stereocenters. The van der Waals surface area contributed by atoms with Crippen LogP contribution in [0.25, 0.3) is 0 Å². The molecule has 0 saturated carbocycles. The Hall–Kier alpha value is -2.35. The molecule has 2 aromatic rings. The number of hydrogen-bond acceptors (Lipinski definition) is 4. The van der Waals surface area contributed by atoms with E-state index >= 15 is 0 Å². The summed E-state index contributed by atoms with van der Waals surface area (Å²) in [6, 6.07) is 4.21. The topological polar surface area (TPSA) is 118 Å². The zero-order chi connectivity index (χ0) is 15.8. The van der Waals surface area contributed by atoms with Crippen molar-refractivity contribution in [1.82, 2.24) is 10.2 Å². The van der Waals surface area contributed by atoms with Crippen molar-refractivity contribution in [1.29, 1.82) is 0 Å². The van der Waals surface area contributed by atoms with Crippen LogP contribution >= 0.6 is 0 Å². The molecule has 1 amide bonds. The van der Waals surface area contributed by atoms with E-state index in [1.807, 2.05) is 0 Å². The van der Waals surface area contributed by atoms with Gasteiger partial charge in [0.2, 0.25) is 5.91 Å². The summed E-state index contributed by atoms with van der Waals surface area (Å²) in [5.41, 5.74) is 7.51. The minimum atomic E-state index is -3.84. The summed E-state index contributed by atoms with van der Waals surface area (Å²) >= 11 is 0. The third-order valence-electron chi connectivity index (χ3n) is 3.27. The van der Waals surface area contributed by atoms with Gasteiger partial charge < -0.3 is 5.73 Å². The fourth-order valence-corrected chi connectivity index (χ4v) is 2.90. The monoisotopic (exact) mass is 308 g/mol. The van der Waals surface area contributed by atoms with Crippen LogP contribution in [-0.2, 0) is 10.0 Å². The largest absolute Gasteiger partial charge is 0.366 e. The van der Waals surface area contributed by atoms with Crippen molar-refractivity contribution < 1.29 is 13.2 Å². The molecule has 112 valence electrons. The Morgan fingerprint density at radius 3 is 2.48 bits per heavy atom. The minimum absolute atomic E-state index is 0.0399. The summed E-state index contributed by atoms with van der Waals surface area (Å²) in [7, 11) is -3.84. The Labute approximate surface area is 122 Å². The number of benzene rings is 1. The maximum Gasteiger partial charge on any atom is 0.263 e. The lowest BCUT2D eigenvalue weighted by atomic mass is 10.1. The molecule has 2 rings (SSSR count). The van der Waals surface area contributed by atoms with Crippen LogP contribution in [0.4, 0.5) is 5.82 Å². The molecule has 21 heavy (non-hydrogen) atoms. The fourth-order valence-electron chi connectivity index (χ4n) is 1.80. The second-order valence-electron chi connectivity index (χ2n) is 4.77. The van der Waals surface area contributed by atoms with Crippen LogP contribution in [0.2, 0.25) is 0 Å². The standard InChI is InChI=1S/C13H16N4O3S/c1-7-4-5-10(6-11(7)12(14)18)21(19,20)17-13-8(2)9(3)15-16-13/h4-6H,1-3H3,(H2,14,18)(H2,15,16,17). The normalized spacial score (nSPS) is 11.4. The number of sulfonamides is 1. The van der Waals surface area contributed by atoms with Gasteiger partial charge in [-0.15, -0.1) is 0 Å². The molecule has 0 bridgehead atoms. The number of aryl methyl sites for hydroxylation is 2. The Bertz CT molecular complexity index is 809. The molecule has 0 radical (unpaired) electrons. The summed E-state index contributed by atoms with van der Waals surface area (Å²) in [4.78, 5) is 11.3. The van der Waals surface area contributed by atoms with Crippen LogP contribution in [0, 0.1) is 20.8 Å². The lowest BCUT2D eigenvalue weighted by molar-refractivity contribution is 0.0999. The SMILES string of the molecule is Cc1ccc(S(=O)(=O)Nc2n[nH]c(C)c2C)cc1C(N)=O. The highest BCUT2D eigenvalue weighted by atomic mass is 32.2. The maximum absolute atomic E-state index is 12.3. The van der Waals surface area contributed by atoms with Crippen molar-refractivity contribution in [3.63, 3.8) is 0 Å². The molecule has 0 aliphatic carbocycles. The molecule has 8 heteroatoms. The lowest BCUT2D eigenvalue weighted by Crippen LogP contribution is -2.17. The van der Waals surface area contributed by atoms with Crippen molar-refractivity contribution in [2.45, 2.75) is 25.7 Å². The van der Waals surface area contributed by atoms with Crippen LogP contribution in [-0.4, -0.2) is 24.5 Å². The van der Waals surface area contributed by atoms with Crippen molar-refractivity contribution in [3.8, 4) is 0 Å². The van der Waals surface area contributed by atoms with Gasteiger partial charge in [0.15, 0.2) is 5.82 Å². The summed E-state index contributed by atoms with van der Waals surface area (Å²) < 4.78 is 27.1. The van der Waals surface area contributed by atoms with Crippen molar-refractivity contribution in [2.24, 2.45) is 5.73 Å². The predicted octanol–water partition coefficient (Wildman–Crippen LogP) is 1.23. The first-order valence-corrected chi connectivity index (χ1v) is 7.65. The number of carbonyl (C=O) groups is 1. The number of carbonyl (C=O) groups excluding carboxylic acids is 1. The van der Waals surface area contributed by atoms with Gasteiger partial charge in [0.25, 0.3) is 10.0 Å². The van der Waals surface area contributed by atoms with E-state index in [1.54, 1.807) is 20.8 Å². The van der Waals surface area contributed by atoms with E-state index < -0.39 is 15.9 Å². The average molecular weight is 308 g/mol. The Balaban J connectivity index is 2.43. The molecule has 4 N–H and O–H groups in total. The van der Waals surface area contributed by atoms with Gasteiger partial charge in [0, 0.05) is 16.8 Å². The molecule has 0 aliphatic rings. The Morgan fingerprint density at radius 2 is 1.95 bits per heavy atom. The zero-order valence-corrected chi connectivity index (χ0v) is 12.7. The molecule has 0 fully saturated rings. The molecule has 1 heterocycles. The molecule has 0 atom stereocenters. The number of nitrogens with two attached hydrogens (primary N) is 1. The first-order chi connectivity index (χ1) is 9.72. The number of H-pyrrole nitrogens is 1. The first-order valence-electron chi connectivity index (χ1n) is 6.17. The number of anilines is 1. The second kappa shape index (κ2) is 5.21. The third kappa shape index (κ3) is 2.89. The molecule has 0 spiro atoms. The minimum Gasteiger partial charge on any atom is -0.366 e. The quantitative estimate of drug-likeness (QED) is 0.787. The first kappa shape index (κ1) is 15.0. The summed E-state index contributed by atoms with van der Waals surface area (Å²) in [5.74, 6) is -0.440. The fraction of sp³-hybridized carbons (Fsp3) is 0.231. The van der Waals surface area contributed by atoms with E-state index in [0.717, 1.165) is 5.69 Å². The van der Waals surface area contributed by atoms with Crippen molar-refractivity contribution in [2.75, 3.05) is 4.72 Å². The van der Waals surface area contributed by atoms with Gasteiger partial charge in [-0.1, -0.05) is 6.07 Å². The van der Waals surface area contributed by atoms with E-state index in [1.165, 1.54) is 18.2 Å². The van der Waals surface area contributed by atoms with Gasteiger partial charge in [0.05, 0.1) is 4.90 Å². The van der Waals surface area contributed by atoms with Crippen molar-refractivity contribution in [3.05, 3.63) is 40.6 Å². The van der Waals surface area contributed by atoms with Crippen LogP contribution < -0.4 is 10.5 Å². The van der Waals surface area contributed by atoms with Crippen LogP contribution in [0.3, 0.4) is 0 Å². The number of nitrogens with zero attached hydrogens (tertiary/aromatic N) is 1. The molecular formula is C13H16N4O3S. The van der Waals surface area contributed by atoms with E-state index in [0.29, 0.717) is 11.1 Å². The number of amides is 1. The van der Waals surface area contributed by atoms with Gasteiger partial charge in [-0.2, -0.15) is 5.10 Å². The number of nitrogens with one attached hydrogen (secondary N) is 2. The van der Waals surface area contributed by atoms with E-state index in [-0.39, 0.29) is 16.3 Å². The molecule has 1 aromatic carbocycles. The maximum atomic E-state index is 12.3. The number of primary amides is 1. The molecule has 1 aromatic heterocycles. The average Bonchev–Trinajstić information content (AvgIpc) is 2.70. The van der Waals surface area contributed by atoms with E-state index in [2.05, 4.69) is 14.9 Å². The third-order valence-corrected chi connectivity index (χ3v) is 4.61. The van der Waals surface area contributed by atoms with Crippen LogP contribution in [0.15, 0.2) is 23.1 Å². The summed E-state index contributed by atoms with van der Waals surface area (Å²) in [6.07, 6.45) is 0. The number of aromatic nitrogens is 2. The van der Waals surface area contributed by atoms with Gasteiger partial charge in [-0.25, -0.2) is 8.42 Å². The molecule has 7 nitrogen and oxygen atoms in total. The van der Waals surface area contributed by atoms with Crippen LogP contribution in [0.1, 0.15) is 27.2 Å². The summed E-state index contributed by atoms with van der Waals surface area (Å²) in [6.45, 7) is 5.23. The highest BCUT2D eigenvalue weighted by Gasteiger charge is 2.19.